The molecule has 0 radical (unpaired) electrons. The highest BCUT2D eigenvalue weighted by atomic mass is 19.1. The number of likely N-dealkylation sites (tertiary alicyclic amines) is 1. The van der Waals surface area contributed by atoms with Crippen molar-refractivity contribution in [1.82, 2.24) is 4.90 Å². The Kier molecular flexibility index (Phi) is 4.13. The molecule has 2 atom stereocenters. The van der Waals surface area contributed by atoms with E-state index in [4.69, 9.17) is 5.73 Å². The molecule has 1 saturated heterocycles. The number of anilines is 2. The molecule has 8 heteroatoms. The van der Waals surface area contributed by atoms with Crippen LogP contribution in [0.1, 0.15) is 23.2 Å². The minimum absolute atomic E-state index is 0.0779. The molecule has 3 N–H and O–H groups in total. The van der Waals surface area contributed by atoms with Gasteiger partial charge in [0, 0.05) is 32.0 Å². The molecule has 0 spiro atoms. The molecule has 0 unspecified atom stereocenters. The maximum absolute atomic E-state index is 13.6. The molecule has 1 aromatic carbocycles. The summed E-state index contributed by atoms with van der Waals surface area (Å²) in [5.41, 5.74) is 6.88. The van der Waals surface area contributed by atoms with E-state index in [1.165, 1.54) is 0 Å². The Morgan fingerprint density at radius 3 is 2.83 bits per heavy atom. The molecule has 3 rings (SSSR count). The maximum atomic E-state index is 13.6. The number of fused-ring (bicyclic) bond motifs is 1. The fraction of sp³-hybridized carbons (Fsp3) is 0.438. The minimum atomic E-state index is -1.27. The molecule has 2 heterocycles. The van der Waals surface area contributed by atoms with Gasteiger partial charge in [0.05, 0.1) is 17.9 Å². The van der Waals surface area contributed by atoms with Gasteiger partial charge in [-0.3, -0.25) is 14.4 Å². The first kappa shape index (κ1) is 16.2. The van der Waals surface area contributed by atoms with Gasteiger partial charge in [-0.15, -0.1) is 0 Å². The predicted octanol–water partition coefficient (Wildman–Crippen LogP) is 0.503. The number of hydrogen-bond donors (Lipinski definition) is 2. The Morgan fingerprint density at radius 2 is 2.12 bits per heavy atom. The van der Waals surface area contributed by atoms with Crippen LogP contribution >= 0.6 is 0 Å². The summed E-state index contributed by atoms with van der Waals surface area (Å²) in [6, 6.07) is 3.96. The zero-order chi connectivity index (χ0) is 17.4. The predicted molar refractivity (Wildman–Crippen MR) is 86.5 cm³/mol. The maximum Gasteiger partial charge on any atom is 0.254 e. The molecule has 0 bridgehead atoms. The number of halogens is 1. The molecule has 24 heavy (non-hydrogen) atoms. The highest BCUT2D eigenvalue weighted by Gasteiger charge is 2.39. The van der Waals surface area contributed by atoms with Crippen molar-refractivity contribution in [2.45, 2.75) is 25.1 Å². The van der Waals surface area contributed by atoms with Crippen LogP contribution in [0.4, 0.5) is 15.8 Å². The van der Waals surface area contributed by atoms with E-state index < -0.39 is 24.0 Å². The molecule has 1 aromatic rings. The van der Waals surface area contributed by atoms with E-state index in [1.807, 2.05) is 11.9 Å². The minimum Gasteiger partial charge on any atom is -0.372 e. The zero-order valence-electron chi connectivity index (χ0n) is 13.3. The van der Waals surface area contributed by atoms with E-state index in [9.17, 15) is 18.8 Å². The molecule has 128 valence electrons. The van der Waals surface area contributed by atoms with Crippen molar-refractivity contribution in [3.8, 4) is 0 Å². The third-order valence-corrected chi connectivity index (χ3v) is 4.44. The van der Waals surface area contributed by atoms with Crippen molar-refractivity contribution >= 4 is 29.1 Å². The van der Waals surface area contributed by atoms with E-state index in [1.54, 1.807) is 18.2 Å². The lowest BCUT2D eigenvalue weighted by molar-refractivity contribution is -0.121. The van der Waals surface area contributed by atoms with E-state index in [-0.39, 0.29) is 24.4 Å². The van der Waals surface area contributed by atoms with Crippen molar-refractivity contribution in [2.24, 2.45) is 5.73 Å². The highest BCUT2D eigenvalue weighted by Crippen LogP contribution is 2.30. The van der Waals surface area contributed by atoms with Gasteiger partial charge >= 0.3 is 0 Å². The van der Waals surface area contributed by atoms with Crippen molar-refractivity contribution < 1.29 is 18.8 Å². The number of nitrogens with two attached hydrogens (primary N) is 1. The van der Waals surface area contributed by atoms with Crippen molar-refractivity contribution in [1.29, 1.82) is 0 Å². The SMILES string of the molecule is CN1CCC(=O)Nc2cc(C(=O)N3C[C@H](F)C[C@H]3C(N)=O)ccc21. The summed E-state index contributed by atoms with van der Waals surface area (Å²) in [5, 5.41) is 2.76. The van der Waals surface area contributed by atoms with Gasteiger partial charge in [0.25, 0.3) is 5.91 Å². The summed E-state index contributed by atoms with van der Waals surface area (Å²) < 4.78 is 13.6. The molecule has 3 amide bonds. The normalized spacial score (nSPS) is 23.5. The third-order valence-electron chi connectivity index (χ3n) is 4.44. The van der Waals surface area contributed by atoms with Crippen LogP contribution < -0.4 is 16.0 Å². The number of nitrogens with zero attached hydrogens (tertiary/aromatic N) is 2. The molecule has 0 aromatic heterocycles. The summed E-state index contributed by atoms with van der Waals surface area (Å²) in [6.45, 7) is 0.418. The summed E-state index contributed by atoms with van der Waals surface area (Å²) in [5.74, 6) is -1.32. The van der Waals surface area contributed by atoms with Gasteiger partial charge in [0.2, 0.25) is 11.8 Å². The molecule has 2 aliphatic rings. The van der Waals surface area contributed by atoms with E-state index >= 15 is 0 Å². The number of amides is 3. The van der Waals surface area contributed by atoms with Crippen LogP contribution in [0.15, 0.2) is 18.2 Å². The van der Waals surface area contributed by atoms with E-state index in [2.05, 4.69) is 5.32 Å². The van der Waals surface area contributed by atoms with Crippen molar-refractivity contribution in [2.75, 3.05) is 30.4 Å². The number of carbonyl (C=O) groups is 3. The molecule has 1 fully saturated rings. The monoisotopic (exact) mass is 334 g/mol. The lowest BCUT2D eigenvalue weighted by Gasteiger charge is -2.23. The second kappa shape index (κ2) is 6.10. The van der Waals surface area contributed by atoms with Crippen LogP contribution in [0.3, 0.4) is 0 Å². The number of primary amides is 1. The standard InChI is InChI=1S/C16H19FN4O3/c1-20-5-4-14(22)19-11-6-9(2-3-12(11)20)16(24)21-8-10(17)7-13(21)15(18)23/h2-3,6,10,13H,4-5,7-8H2,1H3,(H2,18,23)(H,19,22)/t10-,13+/m1/s1. The highest BCUT2D eigenvalue weighted by molar-refractivity contribution is 6.02. The van der Waals surface area contributed by atoms with Crippen LogP contribution in [0.2, 0.25) is 0 Å². The Morgan fingerprint density at radius 1 is 1.38 bits per heavy atom. The molecule has 0 aliphatic carbocycles. The number of rotatable bonds is 2. The van der Waals surface area contributed by atoms with Gasteiger partial charge in [-0.2, -0.15) is 0 Å². The van der Waals surface area contributed by atoms with Gasteiger partial charge in [-0.25, -0.2) is 4.39 Å². The largest absolute Gasteiger partial charge is 0.372 e. The van der Waals surface area contributed by atoms with Gasteiger partial charge in [-0.05, 0) is 18.2 Å². The first-order valence-corrected chi connectivity index (χ1v) is 7.76. The average Bonchev–Trinajstić information content (AvgIpc) is 2.87. The molecular formula is C16H19FN4O3. The summed E-state index contributed by atoms with van der Waals surface area (Å²) in [7, 11) is 1.86. The number of hydrogen-bond acceptors (Lipinski definition) is 4. The quantitative estimate of drug-likeness (QED) is 0.823. The fourth-order valence-corrected chi connectivity index (χ4v) is 3.15. The second-order valence-corrected chi connectivity index (χ2v) is 6.16. The van der Waals surface area contributed by atoms with Gasteiger partial charge < -0.3 is 20.9 Å². The van der Waals surface area contributed by atoms with Crippen molar-refractivity contribution in [3.63, 3.8) is 0 Å². The van der Waals surface area contributed by atoms with Gasteiger partial charge in [-0.1, -0.05) is 0 Å². The Balaban J connectivity index is 1.91. The van der Waals surface area contributed by atoms with Crippen LogP contribution in [0, 0.1) is 0 Å². The topological polar surface area (TPSA) is 95.7 Å². The second-order valence-electron chi connectivity index (χ2n) is 6.16. The zero-order valence-corrected chi connectivity index (χ0v) is 13.3. The average molecular weight is 334 g/mol. The number of benzene rings is 1. The van der Waals surface area contributed by atoms with Gasteiger partial charge in [0.15, 0.2) is 0 Å². The number of alkyl halides is 1. The van der Waals surface area contributed by atoms with Crippen LogP contribution in [0.25, 0.3) is 0 Å². The molecular weight excluding hydrogens is 315 g/mol. The van der Waals surface area contributed by atoms with Gasteiger partial charge in [0.1, 0.15) is 12.2 Å². The van der Waals surface area contributed by atoms with Crippen LogP contribution in [-0.2, 0) is 9.59 Å². The third kappa shape index (κ3) is 2.91. The molecule has 7 nitrogen and oxygen atoms in total. The summed E-state index contributed by atoms with van der Waals surface area (Å²) in [6.07, 6.45) is -0.988. The number of nitrogens with one attached hydrogen (secondary N) is 1. The smallest absolute Gasteiger partial charge is 0.254 e. The first-order chi connectivity index (χ1) is 11.4. The van der Waals surface area contributed by atoms with Crippen LogP contribution in [0.5, 0.6) is 0 Å². The Labute approximate surface area is 138 Å². The van der Waals surface area contributed by atoms with Crippen LogP contribution in [-0.4, -0.2) is 55.0 Å². The molecule has 2 aliphatic heterocycles. The summed E-state index contributed by atoms with van der Waals surface area (Å²) in [4.78, 5) is 39.0. The Bertz CT molecular complexity index is 709. The first-order valence-electron chi connectivity index (χ1n) is 7.76. The van der Waals surface area contributed by atoms with E-state index in [0.717, 1.165) is 10.6 Å². The van der Waals surface area contributed by atoms with E-state index in [0.29, 0.717) is 18.7 Å². The number of carbonyl (C=O) groups excluding carboxylic acids is 3. The lowest BCUT2D eigenvalue weighted by atomic mass is 10.1. The summed E-state index contributed by atoms with van der Waals surface area (Å²) >= 11 is 0. The lowest BCUT2D eigenvalue weighted by Crippen LogP contribution is -2.43. The Hall–Kier alpha value is -2.64. The molecule has 0 saturated carbocycles. The fourth-order valence-electron chi connectivity index (χ4n) is 3.15. The van der Waals surface area contributed by atoms with Crippen molar-refractivity contribution in [3.05, 3.63) is 23.8 Å².